The number of hydrogen-bond acceptors (Lipinski definition) is 4. The lowest BCUT2D eigenvalue weighted by Crippen LogP contribution is -2.45. The Morgan fingerprint density at radius 2 is 1.29 bits per heavy atom. The molecule has 0 radical (unpaired) electrons. The Morgan fingerprint density at radius 3 is 1.97 bits per heavy atom. The van der Waals surface area contributed by atoms with Crippen LogP contribution in [0.15, 0.2) is 120 Å². The average Bonchev–Trinajstić information content (AvgIpc) is 2.86. The highest BCUT2D eigenvalue weighted by molar-refractivity contribution is 7.89. The van der Waals surface area contributed by atoms with E-state index in [0.717, 1.165) is 5.56 Å². The number of para-hydroxylation sites is 3. The Bertz CT molecular complexity index is 1330. The summed E-state index contributed by atoms with van der Waals surface area (Å²) in [6.45, 7) is 0. The Hall–Kier alpha value is -3.94. The smallest absolute Gasteiger partial charge is 0.243 e. The number of ether oxygens (including phenoxy) is 1. The number of rotatable bonds is 9. The van der Waals surface area contributed by atoms with Crippen molar-refractivity contribution in [3.63, 3.8) is 0 Å². The minimum atomic E-state index is -3.92. The zero-order valence-electron chi connectivity index (χ0n) is 18.3. The van der Waals surface area contributed by atoms with E-state index in [0.29, 0.717) is 17.2 Å². The zero-order valence-corrected chi connectivity index (χ0v) is 19.1. The maximum atomic E-state index is 13.3. The minimum absolute atomic E-state index is 0.0914. The summed E-state index contributed by atoms with van der Waals surface area (Å²) in [6.07, 6.45) is 0.181. The average molecular weight is 473 g/mol. The van der Waals surface area contributed by atoms with Crippen molar-refractivity contribution in [2.45, 2.75) is 17.4 Å². The van der Waals surface area contributed by atoms with E-state index in [2.05, 4.69) is 10.0 Å². The van der Waals surface area contributed by atoms with Crippen LogP contribution in [0, 0.1) is 0 Å². The predicted octanol–water partition coefficient (Wildman–Crippen LogP) is 5.01. The van der Waals surface area contributed by atoms with Gasteiger partial charge in [-0.1, -0.05) is 78.9 Å². The fraction of sp³-hybridized carbons (Fsp3) is 0.0741. The molecule has 0 saturated heterocycles. The molecular weight excluding hydrogens is 448 g/mol. The lowest BCUT2D eigenvalue weighted by atomic mass is 10.1. The molecule has 0 aliphatic rings. The van der Waals surface area contributed by atoms with Gasteiger partial charge in [0, 0.05) is 0 Å². The van der Waals surface area contributed by atoms with Crippen molar-refractivity contribution in [3.05, 3.63) is 121 Å². The monoisotopic (exact) mass is 472 g/mol. The van der Waals surface area contributed by atoms with Gasteiger partial charge in [0.25, 0.3) is 0 Å². The Labute approximate surface area is 199 Å². The van der Waals surface area contributed by atoms with E-state index in [9.17, 15) is 13.2 Å². The molecule has 0 aliphatic carbocycles. The van der Waals surface area contributed by atoms with Crippen molar-refractivity contribution in [1.29, 1.82) is 0 Å². The third-order valence-corrected chi connectivity index (χ3v) is 6.55. The van der Waals surface area contributed by atoms with Crippen LogP contribution < -0.4 is 14.8 Å². The molecule has 0 saturated carbocycles. The Morgan fingerprint density at radius 1 is 0.735 bits per heavy atom. The normalized spacial score (nSPS) is 12.0. The van der Waals surface area contributed by atoms with Crippen molar-refractivity contribution in [2.24, 2.45) is 0 Å². The SMILES string of the molecule is O=C(Nc1ccccc1Oc1ccccc1)[C@H](Cc1ccccc1)NS(=O)(=O)c1ccccc1. The van der Waals surface area contributed by atoms with Crippen LogP contribution in [0.2, 0.25) is 0 Å². The number of amides is 1. The highest BCUT2D eigenvalue weighted by atomic mass is 32.2. The van der Waals surface area contributed by atoms with E-state index in [-0.39, 0.29) is 11.3 Å². The van der Waals surface area contributed by atoms with Gasteiger partial charge in [-0.3, -0.25) is 4.79 Å². The molecular formula is C27H24N2O4S. The number of anilines is 1. The molecule has 6 nitrogen and oxygen atoms in total. The maximum Gasteiger partial charge on any atom is 0.243 e. The molecule has 4 rings (SSSR count). The van der Waals surface area contributed by atoms with Crippen molar-refractivity contribution in [1.82, 2.24) is 4.72 Å². The lowest BCUT2D eigenvalue weighted by molar-refractivity contribution is -0.117. The van der Waals surface area contributed by atoms with Gasteiger partial charge in [0.1, 0.15) is 11.8 Å². The summed E-state index contributed by atoms with van der Waals surface area (Å²) in [4.78, 5) is 13.4. The Balaban J connectivity index is 1.59. The van der Waals surface area contributed by atoms with Crippen LogP contribution in [0.25, 0.3) is 0 Å². The lowest BCUT2D eigenvalue weighted by Gasteiger charge is -2.20. The first-order chi connectivity index (χ1) is 16.5. The van der Waals surface area contributed by atoms with Gasteiger partial charge in [0.2, 0.25) is 15.9 Å². The number of nitrogens with one attached hydrogen (secondary N) is 2. The van der Waals surface area contributed by atoms with E-state index >= 15 is 0 Å². The summed E-state index contributed by atoms with van der Waals surface area (Å²) < 4.78 is 34.5. The third-order valence-electron chi connectivity index (χ3n) is 5.07. The van der Waals surface area contributed by atoms with Crippen molar-refractivity contribution in [3.8, 4) is 11.5 Å². The molecule has 0 heterocycles. The largest absolute Gasteiger partial charge is 0.455 e. The molecule has 0 bridgehead atoms. The molecule has 7 heteroatoms. The molecule has 34 heavy (non-hydrogen) atoms. The topological polar surface area (TPSA) is 84.5 Å². The standard InChI is InChI=1S/C27H24N2O4S/c30-27(28-24-18-10-11-19-26(24)33-22-14-6-2-7-15-22)25(20-21-12-4-1-5-13-21)29-34(31,32)23-16-8-3-9-17-23/h1-19,25,29H,20H2,(H,28,30)/t25-/m0/s1. The van der Waals surface area contributed by atoms with Crippen LogP contribution >= 0.6 is 0 Å². The van der Waals surface area contributed by atoms with Crippen LogP contribution in [-0.4, -0.2) is 20.4 Å². The predicted molar refractivity (Wildman–Crippen MR) is 132 cm³/mol. The van der Waals surface area contributed by atoms with E-state index < -0.39 is 22.0 Å². The number of benzene rings is 4. The summed E-state index contributed by atoms with van der Waals surface area (Å²) in [5, 5.41) is 2.83. The van der Waals surface area contributed by atoms with Gasteiger partial charge < -0.3 is 10.1 Å². The second-order valence-electron chi connectivity index (χ2n) is 7.58. The molecule has 1 amide bonds. The van der Waals surface area contributed by atoms with Crippen molar-refractivity contribution < 1.29 is 17.9 Å². The van der Waals surface area contributed by atoms with Gasteiger partial charge in [0.05, 0.1) is 10.6 Å². The van der Waals surface area contributed by atoms with Crippen molar-refractivity contribution in [2.75, 3.05) is 5.32 Å². The zero-order chi connectivity index (χ0) is 23.8. The van der Waals surface area contributed by atoms with Crippen LogP contribution in [0.1, 0.15) is 5.56 Å². The first kappa shape index (κ1) is 23.2. The molecule has 0 spiro atoms. The van der Waals surface area contributed by atoms with Gasteiger partial charge in [-0.15, -0.1) is 0 Å². The van der Waals surface area contributed by atoms with E-state index in [4.69, 9.17) is 4.74 Å². The molecule has 0 fully saturated rings. The molecule has 1 atom stereocenters. The summed E-state index contributed by atoms with van der Waals surface area (Å²) in [6, 6.07) is 32.4. The van der Waals surface area contributed by atoms with E-state index in [1.54, 1.807) is 42.5 Å². The number of sulfonamides is 1. The van der Waals surface area contributed by atoms with E-state index in [1.165, 1.54) is 12.1 Å². The molecule has 0 aliphatic heterocycles. The van der Waals surface area contributed by atoms with Gasteiger partial charge in [-0.2, -0.15) is 4.72 Å². The number of carbonyl (C=O) groups is 1. The molecule has 2 N–H and O–H groups in total. The summed E-state index contributed by atoms with van der Waals surface area (Å²) in [5.74, 6) is 0.578. The minimum Gasteiger partial charge on any atom is -0.455 e. The van der Waals surface area contributed by atoms with Crippen molar-refractivity contribution >= 4 is 21.6 Å². The highest BCUT2D eigenvalue weighted by Gasteiger charge is 2.26. The van der Waals surface area contributed by atoms with Crippen LogP contribution in [0.3, 0.4) is 0 Å². The van der Waals surface area contributed by atoms with E-state index in [1.807, 2.05) is 60.7 Å². The fourth-order valence-electron chi connectivity index (χ4n) is 3.39. The summed E-state index contributed by atoms with van der Waals surface area (Å²) in [7, 11) is -3.92. The molecule has 4 aromatic rings. The second kappa shape index (κ2) is 10.8. The first-order valence-corrected chi connectivity index (χ1v) is 12.2. The summed E-state index contributed by atoms with van der Waals surface area (Å²) >= 11 is 0. The molecule has 0 unspecified atom stereocenters. The van der Waals surface area contributed by atoms with Gasteiger partial charge >= 0.3 is 0 Å². The molecule has 172 valence electrons. The number of carbonyl (C=O) groups excluding carboxylic acids is 1. The number of hydrogen-bond donors (Lipinski definition) is 2. The van der Waals surface area contributed by atoms with Crippen LogP contribution in [0.4, 0.5) is 5.69 Å². The maximum absolute atomic E-state index is 13.3. The van der Waals surface area contributed by atoms with Gasteiger partial charge in [-0.05, 0) is 48.4 Å². The Kier molecular flexibility index (Phi) is 7.37. The third kappa shape index (κ3) is 6.10. The van der Waals surface area contributed by atoms with Gasteiger partial charge in [0.15, 0.2) is 5.75 Å². The fourth-order valence-corrected chi connectivity index (χ4v) is 4.60. The van der Waals surface area contributed by atoms with Crippen LogP contribution in [-0.2, 0) is 21.2 Å². The molecule has 4 aromatic carbocycles. The molecule has 0 aromatic heterocycles. The quantitative estimate of drug-likeness (QED) is 0.359. The van der Waals surface area contributed by atoms with Crippen LogP contribution in [0.5, 0.6) is 11.5 Å². The highest BCUT2D eigenvalue weighted by Crippen LogP contribution is 2.29. The summed E-state index contributed by atoms with van der Waals surface area (Å²) in [5.41, 5.74) is 1.26. The second-order valence-corrected chi connectivity index (χ2v) is 9.29. The van der Waals surface area contributed by atoms with Gasteiger partial charge in [-0.25, -0.2) is 8.42 Å². The first-order valence-electron chi connectivity index (χ1n) is 10.8.